The molecule has 0 unspecified atom stereocenters. The molecule has 1 amide bonds. The van der Waals surface area contributed by atoms with Crippen LogP contribution in [-0.2, 0) is 0 Å². The molecule has 1 aliphatic rings. The molecule has 4 N–H and O–H groups in total. The van der Waals surface area contributed by atoms with Crippen LogP contribution < -0.4 is 10.6 Å². The van der Waals surface area contributed by atoms with Gasteiger partial charge in [-0.05, 0) is 37.1 Å². The van der Waals surface area contributed by atoms with Gasteiger partial charge in [0, 0.05) is 12.2 Å². The summed E-state index contributed by atoms with van der Waals surface area (Å²) < 4.78 is 8.49. The topological polar surface area (TPSA) is 111 Å². The van der Waals surface area contributed by atoms with Crippen LogP contribution in [0.25, 0.3) is 0 Å². The number of aromatic hydroxyl groups is 1. The van der Waals surface area contributed by atoms with Gasteiger partial charge in [-0.2, -0.15) is 8.75 Å². The van der Waals surface area contributed by atoms with Crippen molar-refractivity contribution in [1.82, 2.24) is 13.6 Å². The van der Waals surface area contributed by atoms with Gasteiger partial charge in [-0.15, -0.1) is 0 Å². The van der Waals surface area contributed by atoms with Crippen LogP contribution in [-0.4, -0.2) is 49.0 Å². The monoisotopic (exact) mass is 411 g/mol. The summed E-state index contributed by atoms with van der Waals surface area (Å²) in [5.41, 5.74) is 1.41. The average molecular weight is 411 g/mol. The van der Waals surface area contributed by atoms with Crippen LogP contribution in [0.1, 0.15) is 23.2 Å². The van der Waals surface area contributed by atoms with Crippen LogP contribution in [0, 0.1) is 0 Å². The number of hydrogen-bond acceptors (Lipinski definition) is 8. The fourth-order valence-corrected chi connectivity index (χ4v) is 3.87. The van der Waals surface area contributed by atoms with Crippen molar-refractivity contribution in [2.45, 2.75) is 18.9 Å². The number of aliphatic hydroxyl groups is 1. The van der Waals surface area contributed by atoms with Crippen LogP contribution in [0.4, 0.5) is 23.0 Å². The van der Waals surface area contributed by atoms with Crippen molar-refractivity contribution in [3.63, 3.8) is 0 Å². The highest BCUT2D eigenvalue weighted by Crippen LogP contribution is 2.34. The van der Waals surface area contributed by atoms with Crippen molar-refractivity contribution in [3.05, 3.63) is 54.1 Å². The molecule has 1 fully saturated rings. The summed E-state index contributed by atoms with van der Waals surface area (Å²) in [7, 11) is 0. The second-order valence-corrected chi connectivity index (χ2v) is 7.28. The van der Waals surface area contributed by atoms with Gasteiger partial charge < -0.3 is 25.7 Å². The van der Waals surface area contributed by atoms with Gasteiger partial charge in [0.05, 0.1) is 35.6 Å². The molecular formula is C20H21N5O3S. The van der Waals surface area contributed by atoms with E-state index in [1.165, 1.54) is 0 Å². The van der Waals surface area contributed by atoms with Crippen molar-refractivity contribution in [2.24, 2.45) is 0 Å². The molecule has 0 bridgehead atoms. The minimum Gasteiger partial charge on any atom is -0.505 e. The number of rotatable bonds is 6. The van der Waals surface area contributed by atoms with Gasteiger partial charge in [0.1, 0.15) is 0 Å². The van der Waals surface area contributed by atoms with Crippen molar-refractivity contribution in [3.8, 4) is 5.75 Å². The molecule has 0 radical (unpaired) electrons. The molecule has 3 aromatic rings. The third-order valence-corrected chi connectivity index (χ3v) is 5.42. The number of aliphatic hydroxyl groups excluding tert-OH is 1. The van der Waals surface area contributed by atoms with Crippen LogP contribution in [0.2, 0.25) is 0 Å². The Balaban J connectivity index is 1.56. The van der Waals surface area contributed by atoms with Crippen LogP contribution in [0.15, 0.2) is 48.5 Å². The van der Waals surface area contributed by atoms with Crippen molar-refractivity contribution in [2.75, 3.05) is 23.8 Å². The predicted molar refractivity (Wildman–Crippen MR) is 112 cm³/mol. The maximum atomic E-state index is 12.9. The molecular weight excluding hydrogens is 390 g/mol. The zero-order valence-electron chi connectivity index (χ0n) is 15.6. The zero-order chi connectivity index (χ0) is 20.2. The molecule has 29 heavy (non-hydrogen) atoms. The number of nitrogens with zero attached hydrogens (tertiary/aromatic N) is 3. The van der Waals surface area contributed by atoms with Crippen LogP contribution >= 0.6 is 11.7 Å². The summed E-state index contributed by atoms with van der Waals surface area (Å²) in [6, 6.07) is 14.3. The molecule has 1 aromatic heterocycles. The lowest BCUT2D eigenvalue weighted by Gasteiger charge is -2.23. The quantitative estimate of drug-likeness (QED) is 0.461. The fraction of sp³-hybridized carbons (Fsp3) is 0.250. The molecule has 0 spiro atoms. The Hall–Kier alpha value is -3.17. The molecule has 4 rings (SSSR count). The van der Waals surface area contributed by atoms with E-state index in [1.807, 2.05) is 30.3 Å². The van der Waals surface area contributed by atoms with Gasteiger partial charge in [0.25, 0.3) is 5.91 Å². The number of anilines is 4. The fourth-order valence-electron chi connectivity index (χ4n) is 3.40. The van der Waals surface area contributed by atoms with E-state index in [2.05, 4.69) is 19.4 Å². The first-order valence-corrected chi connectivity index (χ1v) is 10.1. The summed E-state index contributed by atoms with van der Waals surface area (Å²) in [6.07, 6.45) is 1.61. The Bertz CT molecular complexity index is 995. The van der Waals surface area contributed by atoms with Crippen LogP contribution in [0.3, 0.4) is 0 Å². The van der Waals surface area contributed by atoms with E-state index in [-0.39, 0.29) is 29.9 Å². The normalized spacial score (nSPS) is 16.0. The molecule has 150 valence electrons. The molecule has 9 heteroatoms. The third kappa shape index (κ3) is 4.01. The van der Waals surface area contributed by atoms with Gasteiger partial charge in [-0.25, -0.2) is 0 Å². The predicted octanol–water partition coefficient (Wildman–Crippen LogP) is 3.33. The number of carbonyl (C=O) groups excluding carboxylic acids is 1. The SMILES string of the molecule is O=C(c1cccc(Nc2nsnc2Nc2ccccc2)c1O)N1CCC[C@H]1CO. The van der Waals surface area contributed by atoms with Gasteiger partial charge in [-0.3, -0.25) is 4.79 Å². The molecule has 8 nitrogen and oxygen atoms in total. The Kier molecular flexibility index (Phi) is 5.59. The van der Waals surface area contributed by atoms with Gasteiger partial charge in [-0.1, -0.05) is 24.3 Å². The number of para-hydroxylation sites is 2. The maximum absolute atomic E-state index is 12.9. The van der Waals surface area contributed by atoms with E-state index < -0.39 is 0 Å². The zero-order valence-corrected chi connectivity index (χ0v) is 16.4. The highest BCUT2D eigenvalue weighted by atomic mass is 32.1. The number of amides is 1. The van der Waals surface area contributed by atoms with Gasteiger partial charge in [0.2, 0.25) is 0 Å². The number of benzene rings is 2. The third-order valence-electron chi connectivity index (χ3n) is 4.89. The Morgan fingerprint density at radius 3 is 2.62 bits per heavy atom. The summed E-state index contributed by atoms with van der Waals surface area (Å²) in [5, 5.41) is 26.4. The molecule has 0 saturated carbocycles. The number of phenols is 1. The minimum absolute atomic E-state index is 0.0799. The minimum atomic E-state index is -0.290. The molecule has 2 aromatic carbocycles. The molecule has 0 aliphatic carbocycles. The lowest BCUT2D eigenvalue weighted by atomic mass is 10.1. The van der Waals surface area contributed by atoms with Gasteiger partial charge >= 0.3 is 0 Å². The summed E-state index contributed by atoms with van der Waals surface area (Å²) >= 11 is 1.04. The van der Waals surface area contributed by atoms with Crippen molar-refractivity contribution < 1.29 is 15.0 Å². The average Bonchev–Trinajstić information content (AvgIpc) is 3.39. The number of aromatic nitrogens is 2. The summed E-state index contributed by atoms with van der Waals surface area (Å²) in [5.74, 6) is 0.534. The van der Waals surface area contributed by atoms with E-state index in [0.717, 1.165) is 30.3 Å². The van der Waals surface area contributed by atoms with E-state index in [9.17, 15) is 15.0 Å². The number of phenolic OH excluding ortho intramolecular Hbond substituents is 1. The van der Waals surface area contributed by atoms with Crippen molar-refractivity contribution in [1.29, 1.82) is 0 Å². The van der Waals surface area contributed by atoms with E-state index in [4.69, 9.17) is 0 Å². The molecule has 2 heterocycles. The number of carbonyl (C=O) groups is 1. The first kappa shape index (κ1) is 19.2. The Labute approximate surface area is 172 Å². The summed E-state index contributed by atoms with van der Waals surface area (Å²) in [4.78, 5) is 14.5. The van der Waals surface area contributed by atoms with Gasteiger partial charge in [0.15, 0.2) is 17.4 Å². The summed E-state index contributed by atoms with van der Waals surface area (Å²) in [6.45, 7) is 0.492. The maximum Gasteiger partial charge on any atom is 0.258 e. The molecule has 1 saturated heterocycles. The van der Waals surface area contributed by atoms with E-state index >= 15 is 0 Å². The van der Waals surface area contributed by atoms with E-state index in [1.54, 1.807) is 23.1 Å². The molecule has 1 aliphatic heterocycles. The van der Waals surface area contributed by atoms with Crippen LogP contribution in [0.5, 0.6) is 5.75 Å². The lowest BCUT2D eigenvalue weighted by Crippen LogP contribution is -2.37. The lowest BCUT2D eigenvalue weighted by molar-refractivity contribution is 0.0674. The van der Waals surface area contributed by atoms with Crippen molar-refractivity contribution >= 4 is 40.6 Å². The first-order valence-electron chi connectivity index (χ1n) is 9.33. The first-order chi connectivity index (χ1) is 14.2. The largest absolute Gasteiger partial charge is 0.505 e. The molecule has 1 atom stereocenters. The Morgan fingerprint density at radius 1 is 1.10 bits per heavy atom. The van der Waals surface area contributed by atoms with E-state index in [0.29, 0.717) is 23.9 Å². The standard InChI is InChI=1S/C20H21N5O3S/c26-12-14-8-5-11-25(14)20(28)15-9-4-10-16(17(15)27)22-19-18(23-29-24-19)21-13-6-2-1-3-7-13/h1-4,6-7,9-10,14,26-27H,5,8,11-12H2,(H,21,23)(H,22,24)/t14-/m0/s1. The smallest absolute Gasteiger partial charge is 0.258 e. The highest BCUT2D eigenvalue weighted by Gasteiger charge is 2.30. The Morgan fingerprint density at radius 2 is 1.86 bits per heavy atom. The number of hydrogen-bond donors (Lipinski definition) is 4. The number of nitrogens with one attached hydrogen (secondary N) is 2. The second kappa shape index (κ2) is 8.46. The highest BCUT2D eigenvalue weighted by molar-refractivity contribution is 6.99. The number of likely N-dealkylation sites (tertiary alicyclic amines) is 1. The second-order valence-electron chi connectivity index (χ2n) is 6.76.